The van der Waals surface area contributed by atoms with Crippen molar-refractivity contribution in [2.45, 2.75) is 49.7 Å². The van der Waals surface area contributed by atoms with Gasteiger partial charge in [0.15, 0.2) is 0 Å². The summed E-state index contributed by atoms with van der Waals surface area (Å²) in [5.41, 5.74) is -0.713. The molecule has 2 aliphatic heterocycles. The molecule has 2 rings (SSSR count). The lowest BCUT2D eigenvalue weighted by Gasteiger charge is -2.39. The molecule has 0 N–H and O–H groups in total. The summed E-state index contributed by atoms with van der Waals surface area (Å²) in [7, 11) is 0. The Balaban J connectivity index is 2.13. The molecule has 2 bridgehead atoms. The molecule has 2 nitrogen and oxygen atoms in total. The van der Waals surface area contributed by atoms with E-state index in [0.717, 1.165) is 25.7 Å². The molecule has 0 radical (unpaired) electrons. The van der Waals surface area contributed by atoms with Gasteiger partial charge in [-0.05, 0) is 25.7 Å². The summed E-state index contributed by atoms with van der Waals surface area (Å²) in [4.78, 5) is 11.9. The number of allylic oxidation sites excluding steroid dienone is 2. The maximum atomic E-state index is 11.9. The number of rotatable bonds is 6. The predicted octanol–water partition coefficient (Wildman–Crippen LogP) is 3.35. The van der Waals surface area contributed by atoms with E-state index in [1.165, 1.54) is 0 Å². The zero-order valence-corrected chi connectivity index (χ0v) is 10.3. The molecule has 1 fully saturated rings. The third-order valence-corrected chi connectivity index (χ3v) is 3.63. The Labute approximate surface area is 103 Å². The lowest BCUT2D eigenvalue weighted by Crippen LogP contribution is -2.45. The Morgan fingerprint density at radius 1 is 1.12 bits per heavy atom. The van der Waals surface area contributed by atoms with Crippen LogP contribution in [0.3, 0.4) is 0 Å². The van der Waals surface area contributed by atoms with E-state index in [-0.39, 0.29) is 11.2 Å². The summed E-state index contributed by atoms with van der Waals surface area (Å²) in [5, 5.41) is 0. The first-order valence-corrected chi connectivity index (χ1v) is 6.28. The third-order valence-electron chi connectivity index (χ3n) is 3.63. The van der Waals surface area contributed by atoms with Crippen LogP contribution < -0.4 is 0 Å². The second-order valence-corrected chi connectivity index (χ2v) is 5.11. The van der Waals surface area contributed by atoms with Crippen LogP contribution in [0.4, 0.5) is 0 Å². The van der Waals surface area contributed by atoms with Crippen LogP contribution in [-0.2, 0) is 9.53 Å². The lowest BCUT2D eigenvalue weighted by molar-refractivity contribution is -0.156. The minimum Gasteiger partial charge on any atom is -0.359 e. The Kier molecular flexibility index (Phi) is 3.34. The van der Waals surface area contributed by atoms with E-state index >= 15 is 0 Å². The van der Waals surface area contributed by atoms with Crippen molar-refractivity contribution in [3.8, 4) is 0 Å². The van der Waals surface area contributed by atoms with Crippen molar-refractivity contribution in [3.63, 3.8) is 0 Å². The first kappa shape index (κ1) is 12.3. The molecule has 1 saturated heterocycles. The molecule has 2 heteroatoms. The van der Waals surface area contributed by atoms with E-state index in [0.29, 0.717) is 18.6 Å². The molecule has 2 heterocycles. The van der Waals surface area contributed by atoms with Crippen molar-refractivity contribution >= 4 is 5.78 Å². The van der Waals surface area contributed by atoms with Gasteiger partial charge in [0.1, 0.15) is 5.78 Å². The van der Waals surface area contributed by atoms with Crippen LogP contribution in [0, 0.1) is 0 Å². The number of fused-ring (bicyclic) bond motifs is 2. The number of ketones is 1. The molecular weight excluding hydrogens is 212 g/mol. The maximum absolute atomic E-state index is 11.9. The Hall–Kier alpha value is -1.15. The van der Waals surface area contributed by atoms with Crippen LogP contribution in [0.25, 0.3) is 0 Å². The van der Waals surface area contributed by atoms with Gasteiger partial charge in [0.25, 0.3) is 0 Å². The van der Waals surface area contributed by atoms with Crippen LogP contribution in [0.5, 0.6) is 0 Å². The molecule has 0 aromatic carbocycles. The third kappa shape index (κ3) is 2.42. The van der Waals surface area contributed by atoms with Crippen molar-refractivity contribution in [3.05, 3.63) is 37.5 Å². The fourth-order valence-electron chi connectivity index (χ4n) is 2.83. The first-order chi connectivity index (χ1) is 8.14. The smallest absolute Gasteiger partial charge is 0.139 e. The molecule has 2 atom stereocenters. The largest absolute Gasteiger partial charge is 0.359 e. The standard InChI is InChI=1S/C15H20O2/c1-3-5-7-14-9-10-15(17-14,8-6-4-2)12-13(16)11-14/h3-4,9-10H,1-2,5-8,11-12H2/t14-,15+. The van der Waals surface area contributed by atoms with Gasteiger partial charge in [-0.15, -0.1) is 13.2 Å². The highest BCUT2D eigenvalue weighted by atomic mass is 16.5. The van der Waals surface area contributed by atoms with Gasteiger partial charge < -0.3 is 4.74 Å². The van der Waals surface area contributed by atoms with Crippen LogP contribution >= 0.6 is 0 Å². The fourth-order valence-corrected chi connectivity index (χ4v) is 2.83. The fraction of sp³-hybridized carbons (Fsp3) is 0.533. The van der Waals surface area contributed by atoms with Crippen LogP contribution in [0.1, 0.15) is 38.5 Å². The molecule has 0 spiro atoms. The zero-order valence-electron chi connectivity index (χ0n) is 10.3. The summed E-state index contributed by atoms with van der Waals surface area (Å²) >= 11 is 0. The van der Waals surface area contributed by atoms with Gasteiger partial charge in [0.2, 0.25) is 0 Å². The van der Waals surface area contributed by atoms with Gasteiger partial charge in [0, 0.05) is 12.8 Å². The van der Waals surface area contributed by atoms with Crippen molar-refractivity contribution in [1.82, 2.24) is 0 Å². The molecule has 0 aromatic heterocycles. The van der Waals surface area contributed by atoms with Gasteiger partial charge in [-0.2, -0.15) is 0 Å². The van der Waals surface area contributed by atoms with Gasteiger partial charge in [-0.3, -0.25) is 4.79 Å². The second-order valence-electron chi connectivity index (χ2n) is 5.11. The van der Waals surface area contributed by atoms with Gasteiger partial charge >= 0.3 is 0 Å². The highest BCUT2D eigenvalue weighted by Gasteiger charge is 2.50. The normalized spacial score (nSPS) is 34.9. The van der Waals surface area contributed by atoms with E-state index in [1.54, 1.807) is 0 Å². The highest BCUT2D eigenvalue weighted by Crippen LogP contribution is 2.46. The maximum Gasteiger partial charge on any atom is 0.139 e. The highest BCUT2D eigenvalue weighted by molar-refractivity contribution is 5.83. The zero-order chi connectivity index (χ0) is 12.4. The molecule has 0 saturated carbocycles. The van der Waals surface area contributed by atoms with E-state index in [9.17, 15) is 4.79 Å². The average Bonchev–Trinajstić information content (AvgIpc) is 2.58. The average molecular weight is 232 g/mol. The summed E-state index contributed by atoms with van der Waals surface area (Å²) < 4.78 is 6.22. The number of hydrogen-bond acceptors (Lipinski definition) is 2. The summed E-state index contributed by atoms with van der Waals surface area (Å²) in [5.74, 6) is 0.314. The Morgan fingerprint density at radius 3 is 2.00 bits per heavy atom. The minimum atomic E-state index is -0.356. The van der Waals surface area contributed by atoms with Gasteiger partial charge in [-0.1, -0.05) is 24.3 Å². The quantitative estimate of drug-likeness (QED) is 0.656. The van der Waals surface area contributed by atoms with Gasteiger partial charge in [-0.25, -0.2) is 0 Å². The molecule has 0 amide bonds. The summed E-state index contributed by atoms with van der Waals surface area (Å²) in [6.07, 6.45) is 12.5. The number of ether oxygens (including phenoxy) is 1. The van der Waals surface area contributed by atoms with E-state index in [1.807, 2.05) is 12.2 Å². The van der Waals surface area contributed by atoms with Crippen molar-refractivity contribution in [2.24, 2.45) is 0 Å². The predicted molar refractivity (Wildman–Crippen MR) is 68.8 cm³/mol. The SMILES string of the molecule is C=CCC[C@@]12C=C[C@@](CCC=C)(CC(=O)C1)O2. The number of carbonyl (C=O) groups is 1. The van der Waals surface area contributed by atoms with Crippen molar-refractivity contribution in [2.75, 3.05) is 0 Å². The van der Waals surface area contributed by atoms with E-state index < -0.39 is 0 Å². The Bertz CT molecular complexity index is 337. The Morgan fingerprint density at radius 2 is 1.59 bits per heavy atom. The minimum absolute atomic E-state index is 0.314. The summed E-state index contributed by atoms with van der Waals surface area (Å²) in [6.45, 7) is 7.46. The molecule has 0 aliphatic carbocycles. The lowest BCUT2D eigenvalue weighted by atomic mass is 9.85. The molecule has 0 aromatic rings. The molecule has 92 valence electrons. The van der Waals surface area contributed by atoms with Crippen LogP contribution in [0.15, 0.2) is 37.5 Å². The van der Waals surface area contributed by atoms with Gasteiger partial charge in [0.05, 0.1) is 11.2 Å². The monoisotopic (exact) mass is 232 g/mol. The van der Waals surface area contributed by atoms with E-state index in [2.05, 4.69) is 25.3 Å². The van der Waals surface area contributed by atoms with Crippen molar-refractivity contribution in [1.29, 1.82) is 0 Å². The molecule has 2 aliphatic rings. The van der Waals surface area contributed by atoms with Crippen LogP contribution in [0.2, 0.25) is 0 Å². The number of carbonyl (C=O) groups excluding carboxylic acids is 1. The first-order valence-electron chi connectivity index (χ1n) is 6.28. The number of Topliss-reactive ketones (excluding diaryl/α,β-unsaturated/α-hetero) is 1. The molecule has 17 heavy (non-hydrogen) atoms. The molecule has 0 unspecified atom stereocenters. The van der Waals surface area contributed by atoms with Crippen LogP contribution in [-0.4, -0.2) is 17.0 Å². The summed E-state index contributed by atoms with van der Waals surface area (Å²) in [6, 6.07) is 0. The van der Waals surface area contributed by atoms with Crippen molar-refractivity contribution < 1.29 is 9.53 Å². The second kappa shape index (κ2) is 4.61. The molecular formula is C15H20O2. The van der Waals surface area contributed by atoms with E-state index in [4.69, 9.17) is 4.74 Å². The number of hydrogen-bond donors (Lipinski definition) is 0. The topological polar surface area (TPSA) is 26.3 Å².